The molecule has 1 fully saturated rings. The fourth-order valence-corrected chi connectivity index (χ4v) is 3.08. The first-order valence-corrected chi connectivity index (χ1v) is 7.39. The summed E-state index contributed by atoms with van der Waals surface area (Å²) in [6.07, 6.45) is 5.37. The SMILES string of the molecule is COc1cccc(F)c1C(C)(NC1CCCCC1)C(N)=O. The third-order valence-electron chi connectivity index (χ3n) is 4.29. The highest BCUT2D eigenvalue weighted by Crippen LogP contribution is 2.34. The lowest BCUT2D eigenvalue weighted by Crippen LogP contribution is -2.55. The van der Waals surface area contributed by atoms with Crippen LogP contribution in [0.5, 0.6) is 5.75 Å². The Morgan fingerprint density at radius 2 is 2.05 bits per heavy atom. The molecule has 0 saturated heterocycles. The van der Waals surface area contributed by atoms with Crippen LogP contribution >= 0.6 is 0 Å². The number of ether oxygens (including phenoxy) is 1. The number of methoxy groups -OCH3 is 1. The lowest BCUT2D eigenvalue weighted by atomic mass is 9.86. The van der Waals surface area contributed by atoms with Gasteiger partial charge in [0.05, 0.1) is 12.7 Å². The quantitative estimate of drug-likeness (QED) is 0.876. The van der Waals surface area contributed by atoms with E-state index in [9.17, 15) is 9.18 Å². The molecule has 0 radical (unpaired) electrons. The highest BCUT2D eigenvalue weighted by Gasteiger charge is 2.40. The first kappa shape index (κ1) is 15.8. The van der Waals surface area contributed by atoms with Gasteiger partial charge in [-0.1, -0.05) is 25.3 Å². The number of hydrogen-bond donors (Lipinski definition) is 2. The molecule has 21 heavy (non-hydrogen) atoms. The number of benzene rings is 1. The molecule has 1 aliphatic carbocycles. The second-order valence-electron chi connectivity index (χ2n) is 5.79. The van der Waals surface area contributed by atoms with Gasteiger partial charge < -0.3 is 10.5 Å². The molecule has 1 aromatic carbocycles. The van der Waals surface area contributed by atoms with Crippen LogP contribution in [0.15, 0.2) is 18.2 Å². The first-order chi connectivity index (χ1) is 9.99. The molecule has 5 heteroatoms. The minimum Gasteiger partial charge on any atom is -0.496 e. The van der Waals surface area contributed by atoms with E-state index in [2.05, 4.69) is 5.32 Å². The number of carbonyl (C=O) groups is 1. The van der Waals surface area contributed by atoms with Crippen LogP contribution in [-0.2, 0) is 10.3 Å². The molecule has 1 saturated carbocycles. The van der Waals surface area contributed by atoms with Gasteiger partial charge in [-0.2, -0.15) is 0 Å². The maximum absolute atomic E-state index is 14.3. The molecular formula is C16H23FN2O2. The molecule has 1 atom stereocenters. The molecule has 0 aliphatic heterocycles. The normalized spacial score (nSPS) is 19.0. The second kappa shape index (κ2) is 6.43. The fraction of sp³-hybridized carbons (Fsp3) is 0.562. The Morgan fingerprint density at radius 1 is 1.38 bits per heavy atom. The van der Waals surface area contributed by atoms with Gasteiger partial charge in [0.2, 0.25) is 5.91 Å². The number of halogens is 1. The average molecular weight is 294 g/mol. The van der Waals surface area contributed by atoms with Crippen LogP contribution in [-0.4, -0.2) is 19.1 Å². The number of hydrogen-bond acceptors (Lipinski definition) is 3. The van der Waals surface area contributed by atoms with E-state index in [0.717, 1.165) is 25.7 Å². The molecular weight excluding hydrogens is 271 g/mol. The van der Waals surface area contributed by atoms with Gasteiger partial charge in [0.1, 0.15) is 17.1 Å². The van der Waals surface area contributed by atoms with E-state index in [1.807, 2.05) is 0 Å². The lowest BCUT2D eigenvalue weighted by Gasteiger charge is -2.35. The van der Waals surface area contributed by atoms with Crippen LogP contribution < -0.4 is 15.8 Å². The number of carbonyl (C=O) groups excluding carboxylic acids is 1. The van der Waals surface area contributed by atoms with Crippen LogP contribution in [0.3, 0.4) is 0 Å². The molecule has 0 spiro atoms. The molecule has 0 heterocycles. The van der Waals surface area contributed by atoms with Gasteiger partial charge in [0, 0.05) is 6.04 Å². The number of nitrogens with one attached hydrogen (secondary N) is 1. The zero-order chi connectivity index (χ0) is 15.5. The number of amides is 1. The molecule has 1 unspecified atom stereocenters. The van der Waals surface area contributed by atoms with Crippen molar-refractivity contribution in [2.45, 2.75) is 50.6 Å². The minimum atomic E-state index is -1.28. The van der Waals surface area contributed by atoms with E-state index in [1.54, 1.807) is 19.1 Å². The highest BCUT2D eigenvalue weighted by molar-refractivity contribution is 5.86. The van der Waals surface area contributed by atoms with Gasteiger partial charge in [-0.05, 0) is 31.9 Å². The summed E-state index contributed by atoms with van der Waals surface area (Å²) in [5.74, 6) is -0.755. The van der Waals surface area contributed by atoms with E-state index >= 15 is 0 Å². The number of rotatable bonds is 5. The molecule has 1 aliphatic rings. The molecule has 0 bridgehead atoms. The van der Waals surface area contributed by atoms with Crippen molar-refractivity contribution in [3.05, 3.63) is 29.6 Å². The van der Waals surface area contributed by atoms with Crippen LogP contribution in [0.2, 0.25) is 0 Å². The van der Waals surface area contributed by atoms with Crippen LogP contribution in [0, 0.1) is 5.82 Å². The zero-order valence-corrected chi connectivity index (χ0v) is 12.6. The monoisotopic (exact) mass is 294 g/mol. The molecule has 3 N–H and O–H groups in total. The molecule has 4 nitrogen and oxygen atoms in total. The van der Waals surface area contributed by atoms with Gasteiger partial charge in [-0.25, -0.2) is 4.39 Å². The summed E-state index contributed by atoms with van der Waals surface area (Å²) >= 11 is 0. The Labute approximate surface area is 124 Å². The van der Waals surface area contributed by atoms with Crippen molar-refractivity contribution in [1.82, 2.24) is 5.32 Å². The third-order valence-corrected chi connectivity index (χ3v) is 4.29. The van der Waals surface area contributed by atoms with Gasteiger partial charge in [0.15, 0.2) is 0 Å². The van der Waals surface area contributed by atoms with Crippen molar-refractivity contribution in [2.75, 3.05) is 7.11 Å². The number of nitrogens with two attached hydrogens (primary N) is 1. The van der Waals surface area contributed by atoms with E-state index in [4.69, 9.17) is 10.5 Å². The number of primary amides is 1. The largest absolute Gasteiger partial charge is 0.496 e. The summed E-state index contributed by atoms with van der Waals surface area (Å²) in [6, 6.07) is 4.68. The average Bonchev–Trinajstić information content (AvgIpc) is 2.47. The fourth-order valence-electron chi connectivity index (χ4n) is 3.08. The first-order valence-electron chi connectivity index (χ1n) is 7.39. The summed E-state index contributed by atoms with van der Waals surface area (Å²) in [5.41, 5.74) is 4.50. The van der Waals surface area contributed by atoms with E-state index in [-0.39, 0.29) is 11.6 Å². The van der Waals surface area contributed by atoms with Crippen molar-refractivity contribution >= 4 is 5.91 Å². The van der Waals surface area contributed by atoms with Crippen molar-refractivity contribution in [3.8, 4) is 5.75 Å². The smallest absolute Gasteiger partial charge is 0.242 e. The molecule has 116 valence electrons. The van der Waals surface area contributed by atoms with Gasteiger partial charge in [-0.3, -0.25) is 10.1 Å². The highest BCUT2D eigenvalue weighted by atomic mass is 19.1. The Morgan fingerprint density at radius 3 is 2.62 bits per heavy atom. The van der Waals surface area contributed by atoms with Crippen LogP contribution in [0.4, 0.5) is 4.39 Å². The van der Waals surface area contributed by atoms with Crippen LogP contribution in [0.25, 0.3) is 0 Å². The Hall–Kier alpha value is -1.62. The maximum Gasteiger partial charge on any atom is 0.242 e. The van der Waals surface area contributed by atoms with Gasteiger partial charge in [-0.15, -0.1) is 0 Å². The molecule has 1 amide bonds. The summed E-state index contributed by atoms with van der Waals surface area (Å²) in [5, 5.41) is 3.27. The minimum absolute atomic E-state index is 0.167. The zero-order valence-electron chi connectivity index (χ0n) is 12.6. The predicted molar refractivity (Wildman–Crippen MR) is 79.5 cm³/mol. The maximum atomic E-state index is 14.3. The van der Waals surface area contributed by atoms with Crippen molar-refractivity contribution in [2.24, 2.45) is 5.73 Å². The van der Waals surface area contributed by atoms with E-state index in [1.165, 1.54) is 19.6 Å². The summed E-state index contributed by atoms with van der Waals surface area (Å²) in [4.78, 5) is 12.1. The van der Waals surface area contributed by atoms with Gasteiger partial charge >= 0.3 is 0 Å². The lowest BCUT2D eigenvalue weighted by molar-refractivity contribution is -0.124. The third kappa shape index (κ3) is 3.18. The second-order valence-corrected chi connectivity index (χ2v) is 5.79. The van der Waals surface area contributed by atoms with Crippen molar-refractivity contribution < 1.29 is 13.9 Å². The topological polar surface area (TPSA) is 64.3 Å². The molecule has 2 rings (SSSR count). The Bertz CT molecular complexity index is 515. The summed E-state index contributed by atoms with van der Waals surface area (Å²) < 4.78 is 19.5. The Kier molecular flexibility index (Phi) is 4.83. The standard InChI is InChI=1S/C16H23FN2O2/c1-16(15(18)20,19-11-7-4-3-5-8-11)14-12(17)9-6-10-13(14)21-2/h6,9-11,19H,3-5,7-8H2,1-2H3,(H2,18,20). The summed E-state index contributed by atoms with van der Waals surface area (Å²) in [7, 11) is 1.46. The molecule has 0 aromatic heterocycles. The van der Waals surface area contributed by atoms with Crippen molar-refractivity contribution in [3.63, 3.8) is 0 Å². The predicted octanol–water partition coefficient (Wildman–Crippen LogP) is 2.46. The van der Waals surface area contributed by atoms with Crippen LogP contribution in [0.1, 0.15) is 44.6 Å². The molecule has 1 aromatic rings. The summed E-state index contributed by atoms with van der Waals surface area (Å²) in [6.45, 7) is 1.63. The van der Waals surface area contributed by atoms with E-state index < -0.39 is 17.3 Å². The van der Waals surface area contributed by atoms with Gasteiger partial charge in [0.25, 0.3) is 0 Å². The van der Waals surface area contributed by atoms with Crippen molar-refractivity contribution in [1.29, 1.82) is 0 Å². The van der Waals surface area contributed by atoms with E-state index in [0.29, 0.717) is 5.75 Å². The Balaban J connectivity index is 2.39.